The predicted octanol–water partition coefficient (Wildman–Crippen LogP) is 3.23. The number of halogens is 2. The number of anilines is 1. The molecule has 0 radical (unpaired) electrons. The number of nitrogens with zero attached hydrogens (tertiary/aromatic N) is 1. The quantitative estimate of drug-likeness (QED) is 0.591. The Bertz CT molecular complexity index is 1120. The molecule has 5 nitrogen and oxygen atoms in total. The van der Waals surface area contributed by atoms with Crippen molar-refractivity contribution in [1.29, 1.82) is 0 Å². The molecule has 7 heteroatoms. The van der Waals surface area contributed by atoms with Crippen LogP contribution in [0.1, 0.15) is 33.3 Å². The van der Waals surface area contributed by atoms with Gasteiger partial charge in [-0.05, 0) is 46.5 Å². The maximum Gasteiger partial charge on any atom is 0.258 e. The van der Waals surface area contributed by atoms with Crippen LogP contribution in [0, 0.1) is 11.6 Å². The molecular weight excluding hydrogens is 378 g/mol. The first-order valence-electron chi connectivity index (χ1n) is 8.98. The largest absolute Gasteiger partial charge is 0.364 e. The summed E-state index contributed by atoms with van der Waals surface area (Å²) in [5.41, 5.74) is 9.11. The lowest BCUT2D eigenvalue weighted by Gasteiger charge is -2.22. The zero-order valence-corrected chi connectivity index (χ0v) is 15.3. The van der Waals surface area contributed by atoms with E-state index in [-0.39, 0.29) is 23.7 Å². The number of fused-ring (bicyclic) bond motifs is 1. The molecule has 3 aromatic carbocycles. The first-order chi connectivity index (χ1) is 13.9. The summed E-state index contributed by atoms with van der Waals surface area (Å²) in [5, 5.41) is 19.6. The molecule has 0 atom stereocenters. The molecule has 3 aromatic rings. The highest BCUT2D eigenvalue weighted by Crippen LogP contribution is 2.36. The molecule has 29 heavy (non-hydrogen) atoms. The zero-order valence-electron chi connectivity index (χ0n) is 15.3. The topological polar surface area (TPSA) is 86.8 Å². The average molecular weight is 396 g/mol. The summed E-state index contributed by atoms with van der Waals surface area (Å²) < 4.78 is 26.9. The molecule has 0 saturated heterocycles. The summed E-state index contributed by atoms with van der Waals surface area (Å²) in [6.07, 6.45) is -1.81. The van der Waals surface area contributed by atoms with Crippen molar-refractivity contribution < 1.29 is 23.8 Å². The van der Waals surface area contributed by atoms with Crippen LogP contribution < -0.4 is 10.6 Å². The van der Waals surface area contributed by atoms with Crippen LogP contribution in [0.25, 0.3) is 11.1 Å². The van der Waals surface area contributed by atoms with E-state index in [0.29, 0.717) is 23.2 Å². The third-order valence-electron chi connectivity index (χ3n) is 5.07. The molecule has 4 N–H and O–H groups in total. The lowest BCUT2D eigenvalue weighted by molar-refractivity contribution is -0.0420. The minimum absolute atomic E-state index is 0.136. The van der Waals surface area contributed by atoms with Crippen LogP contribution in [-0.4, -0.2) is 16.1 Å². The number of amides is 1. The molecule has 0 aromatic heterocycles. The molecule has 0 fully saturated rings. The van der Waals surface area contributed by atoms with Crippen LogP contribution in [0.4, 0.5) is 14.5 Å². The maximum atomic E-state index is 13.7. The number of nitrogens with two attached hydrogens (primary N) is 1. The number of hydrogen-bond acceptors (Lipinski definition) is 4. The van der Waals surface area contributed by atoms with Gasteiger partial charge in [-0.2, -0.15) is 0 Å². The fourth-order valence-corrected chi connectivity index (χ4v) is 3.52. The molecule has 0 saturated carbocycles. The van der Waals surface area contributed by atoms with Gasteiger partial charge in [-0.25, -0.2) is 8.78 Å². The highest BCUT2D eigenvalue weighted by molar-refractivity contribution is 6.10. The van der Waals surface area contributed by atoms with E-state index in [2.05, 4.69) is 0 Å². The molecule has 148 valence electrons. The highest BCUT2D eigenvalue weighted by Gasteiger charge is 2.31. The fraction of sp³-hybridized carbons (Fsp3) is 0.136. The monoisotopic (exact) mass is 396 g/mol. The Morgan fingerprint density at radius 3 is 2.38 bits per heavy atom. The first-order valence-corrected chi connectivity index (χ1v) is 8.98. The van der Waals surface area contributed by atoms with Crippen molar-refractivity contribution >= 4 is 11.6 Å². The van der Waals surface area contributed by atoms with Gasteiger partial charge in [0.1, 0.15) is 0 Å². The number of carbonyl (C=O) groups is 1. The van der Waals surface area contributed by atoms with Crippen molar-refractivity contribution in [1.82, 2.24) is 0 Å². The number of hydrogen-bond donors (Lipinski definition) is 3. The molecule has 4 rings (SSSR count). The number of rotatable bonds is 4. The zero-order chi connectivity index (χ0) is 20.7. The van der Waals surface area contributed by atoms with E-state index in [9.17, 15) is 23.8 Å². The van der Waals surface area contributed by atoms with Crippen LogP contribution in [0.15, 0.2) is 54.6 Å². The summed E-state index contributed by atoms with van der Waals surface area (Å²) in [5.74, 6) is -2.24. The van der Waals surface area contributed by atoms with Gasteiger partial charge in [0.25, 0.3) is 5.91 Å². The van der Waals surface area contributed by atoms with E-state index in [1.807, 2.05) is 12.1 Å². The predicted molar refractivity (Wildman–Crippen MR) is 104 cm³/mol. The fourth-order valence-electron chi connectivity index (χ4n) is 3.52. The van der Waals surface area contributed by atoms with Crippen LogP contribution >= 0.6 is 0 Å². The summed E-state index contributed by atoms with van der Waals surface area (Å²) >= 11 is 0. The Kier molecular flexibility index (Phi) is 4.87. The second kappa shape index (κ2) is 7.36. The Morgan fingerprint density at radius 1 is 0.966 bits per heavy atom. The number of aliphatic hydroxyl groups is 2. The van der Waals surface area contributed by atoms with Crippen LogP contribution in [0.2, 0.25) is 0 Å². The summed E-state index contributed by atoms with van der Waals surface area (Å²) in [6, 6.07) is 13.5. The van der Waals surface area contributed by atoms with Gasteiger partial charge >= 0.3 is 0 Å². The minimum atomic E-state index is -1.81. The molecule has 1 amide bonds. The Balaban J connectivity index is 1.80. The summed E-state index contributed by atoms with van der Waals surface area (Å²) in [6.45, 7) is 0.548. The number of benzene rings is 3. The van der Waals surface area contributed by atoms with Crippen LogP contribution in [0.5, 0.6) is 0 Å². The Labute approximate surface area is 165 Å². The van der Waals surface area contributed by atoms with Crippen molar-refractivity contribution in [3.8, 4) is 11.1 Å². The van der Waals surface area contributed by atoms with E-state index in [1.165, 1.54) is 17.0 Å². The molecule has 0 aliphatic carbocycles. The van der Waals surface area contributed by atoms with Gasteiger partial charge in [0, 0.05) is 17.7 Å². The number of carbonyl (C=O) groups excluding carboxylic acids is 1. The Morgan fingerprint density at radius 2 is 1.69 bits per heavy atom. The van der Waals surface area contributed by atoms with Gasteiger partial charge in [0.05, 0.1) is 12.2 Å². The summed E-state index contributed by atoms with van der Waals surface area (Å²) in [7, 11) is 0. The van der Waals surface area contributed by atoms with Crippen LogP contribution in [0.3, 0.4) is 0 Å². The van der Waals surface area contributed by atoms with Gasteiger partial charge in [-0.15, -0.1) is 0 Å². The van der Waals surface area contributed by atoms with Gasteiger partial charge < -0.3 is 20.8 Å². The van der Waals surface area contributed by atoms with Crippen molar-refractivity contribution in [3.63, 3.8) is 0 Å². The normalized spacial score (nSPS) is 13.3. The SMILES string of the molecule is NCc1ccc2c(c1)C(=O)N(c1cc(-c3ccc(F)c(F)c3)ccc1C(O)O)C2. The van der Waals surface area contributed by atoms with E-state index in [4.69, 9.17) is 5.73 Å². The van der Waals surface area contributed by atoms with Crippen molar-refractivity contribution in [2.45, 2.75) is 19.4 Å². The molecule has 1 aliphatic heterocycles. The molecule has 1 aliphatic rings. The van der Waals surface area contributed by atoms with E-state index < -0.39 is 17.9 Å². The van der Waals surface area contributed by atoms with Crippen molar-refractivity contribution in [3.05, 3.63) is 88.5 Å². The molecule has 0 unspecified atom stereocenters. The van der Waals surface area contributed by atoms with E-state index >= 15 is 0 Å². The smallest absolute Gasteiger partial charge is 0.258 e. The second-order valence-corrected chi connectivity index (χ2v) is 6.86. The molecule has 0 spiro atoms. The first kappa shape index (κ1) is 19.2. The summed E-state index contributed by atoms with van der Waals surface area (Å²) in [4.78, 5) is 14.4. The Hall–Kier alpha value is -3.13. The highest BCUT2D eigenvalue weighted by atomic mass is 19.2. The number of aliphatic hydroxyl groups excluding tert-OH is 1. The van der Waals surface area contributed by atoms with Gasteiger partial charge in [-0.1, -0.05) is 30.3 Å². The third-order valence-corrected chi connectivity index (χ3v) is 5.07. The second-order valence-electron chi connectivity index (χ2n) is 6.86. The van der Waals surface area contributed by atoms with Crippen molar-refractivity contribution in [2.75, 3.05) is 4.90 Å². The van der Waals surface area contributed by atoms with E-state index in [0.717, 1.165) is 23.3 Å². The lowest BCUT2D eigenvalue weighted by atomic mass is 10.0. The van der Waals surface area contributed by atoms with Gasteiger partial charge in [0.2, 0.25) is 0 Å². The van der Waals surface area contributed by atoms with E-state index in [1.54, 1.807) is 18.2 Å². The molecular formula is C22H18F2N2O3. The third kappa shape index (κ3) is 3.40. The minimum Gasteiger partial charge on any atom is -0.364 e. The van der Waals surface area contributed by atoms with Gasteiger partial charge in [-0.3, -0.25) is 4.79 Å². The molecule has 1 heterocycles. The lowest BCUT2D eigenvalue weighted by Crippen LogP contribution is -2.25. The van der Waals surface area contributed by atoms with Crippen LogP contribution in [-0.2, 0) is 13.1 Å². The maximum absolute atomic E-state index is 13.7. The standard InChI is InChI=1S/C22H18F2N2O3/c23-18-6-4-13(8-19(18)24)14-3-5-16(22(28)29)20(9-14)26-11-15-2-1-12(10-25)7-17(15)21(26)27/h1-9,22,28-29H,10-11,25H2. The van der Waals surface area contributed by atoms with Crippen molar-refractivity contribution in [2.24, 2.45) is 5.73 Å². The van der Waals surface area contributed by atoms with Gasteiger partial charge in [0.15, 0.2) is 17.9 Å². The molecule has 0 bridgehead atoms. The average Bonchev–Trinajstić information content (AvgIpc) is 3.05.